The zero-order valence-electron chi connectivity index (χ0n) is 48.8. The summed E-state index contributed by atoms with van der Waals surface area (Å²) in [5, 5.41) is 11.6. The zero-order chi connectivity index (χ0) is 56.5. The molecule has 12 aromatic rings. The smallest absolute Gasteiger partial charge is 0.268 e. The van der Waals surface area contributed by atoms with E-state index in [9.17, 15) is 10.7 Å². The second-order valence-corrected chi connectivity index (χ2v) is 18.3. The summed E-state index contributed by atoms with van der Waals surface area (Å²) in [4.78, 5) is 4.82. The maximum absolute atomic E-state index is 9.91. The molecule has 346 valence electrons. The molecular formula is C65H43N5OPt-2. The minimum absolute atomic E-state index is 0. The predicted octanol–water partition coefficient (Wildman–Crippen LogP) is 15.4. The average molecular weight is 1120 g/mol. The Hall–Kier alpha value is -8.62. The number of aromatic nitrogens is 4. The van der Waals surface area contributed by atoms with E-state index in [0.717, 1.165) is 38.5 Å². The van der Waals surface area contributed by atoms with Gasteiger partial charge in [0, 0.05) is 44.3 Å². The van der Waals surface area contributed by atoms with Crippen molar-refractivity contribution in [3.63, 3.8) is 0 Å². The summed E-state index contributed by atoms with van der Waals surface area (Å²) in [6, 6.07) is 47.7. The topological polar surface area (TPSA) is 59.6 Å². The van der Waals surface area contributed by atoms with Gasteiger partial charge in [-0.1, -0.05) is 166 Å². The molecule has 72 heavy (non-hydrogen) atoms. The van der Waals surface area contributed by atoms with E-state index in [1.807, 2.05) is 111 Å². The van der Waals surface area contributed by atoms with Crippen LogP contribution in [0.5, 0.6) is 11.5 Å². The molecule has 7 heteroatoms. The normalized spacial score (nSPS) is 13.6. The first kappa shape index (κ1) is 34.6. The summed E-state index contributed by atoms with van der Waals surface area (Å²) in [6.45, 7) is 6.44. The molecule has 4 heterocycles. The van der Waals surface area contributed by atoms with E-state index in [2.05, 4.69) is 51.4 Å². The Bertz CT molecular complexity index is 4710. The first-order valence-electron chi connectivity index (χ1n) is 28.0. The van der Waals surface area contributed by atoms with Gasteiger partial charge in [-0.15, -0.1) is 29.7 Å². The van der Waals surface area contributed by atoms with Crippen molar-refractivity contribution in [2.75, 3.05) is 0 Å². The molecule has 0 radical (unpaired) electrons. The molecule has 6 nitrogen and oxygen atoms in total. The molecule has 0 saturated heterocycles. The van der Waals surface area contributed by atoms with Crippen molar-refractivity contribution in [3.05, 3.63) is 236 Å². The van der Waals surface area contributed by atoms with E-state index in [0.29, 0.717) is 73.1 Å². The number of fused-ring (bicyclic) bond motifs is 10. The number of hydrogen-bond acceptors (Lipinski definition) is 3. The predicted molar refractivity (Wildman–Crippen MR) is 284 cm³/mol. The third-order valence-electron chi connectivity index (χ3n) is 13.2. The third-order valence-corrected chi connectivity index (χ3v) is 13.2. The molecule has 0 aliphatic carbocycles. The van der Waals surface area contributed by atoms with Gasteiger partial charge in [0.05, 0.1) is 42.1 Å². The molecule has 0 saturated carbocycles. The molecule has 0 spiro atoms. The van der Waals surface area contributed by atoms with Crippen LogP contribution in [0.25, 0.3) is 106 Å². The fourth-order valence-corrected chi connectivity index (χ4v) is 9.94. The second kappa shape index (κ2) is 17.7. The minimum Gasteiger partial charge on any atom is -0.510 e. The summed E-state index contributed by atoms with van der Waals surface area (Å²) in [5.74, 6) is 1.41. The van der Waals surface area contributed by atoms with E-state index < -0.39 is 60.4 Å². The van der Waals surface area contributed by atoms with Crippen LogP contribution in [0.1, 0.15) is 45.6 Å². The molecule has 0 fully saturated rings. The SMILES string of the molecule is [2H]c1c([2H])c([2H])c(-c2cccc3c2-c2cccc(-c4c([2H])c([2H])c([2H])c([2H])c4[2H])c2-[n+]2[c-]n(-c4[c-]c(Oc5[c-]c6c(cc5)c5cc(C#N)ccc5n6-c5cc(C(C)(C)C)ccn5)ccc4)c4cccc(c42)-c2ccccc2-3)c([2H])c1[2H].[Pt]. The maximum atomic E-state index is 9.91. The van der Waals surface area contributed by atoms with Crippen LogP contribution in [0, 0.1) is 29.8 Å². The summed E-state index contributed by atoms with van der Waals surface area (Å²) in [7, 11) is 0. The summed E-state index contributed by atoms with van der Waals surface area (Å²) >= 11 is 0. The largest absolute Gasteiger partial charge is 0.510 e. The molecule has 0 amide bonds. The fraction of sp³-hybridized carbons (Fsp3) is 0.0615. The van der Waals surface area contributed by atoms with Crippen LogP contribution < -0.4 is 9.30 Å². The van der Waals surface area contributed by atoms with Gasteiger partial charge in [0.1, 0.15) is 5.82 Å². The molecule has 0 unspecified atom stereocenters. The molecule has 0 N–H and O–H groups in total. The number of nitrogens with zero attached hydrogens (tertiary/aromatic N) is 5. The van der Waals surface area contributed by atoms with Gasteiger partial charge in [-0.25, -0.2) is 4.98 Å². The van der Waals surface area contributed by atoms with Gasteiger partial charge in [0.25, 0.3) is 6.33 Å². The standard InChI is InChI=1S/C65H43N5O.Pt/c1-65(2,3)45-34-35-67-61(37-45)70-58-33-30-42(40-66)36-57(58)53-32-31-48(39-60(53)70)71-47-21-12-20-46(38-47)68-41-69-63-50(44-18-8-5-9-19-44)25-14-28-56(63)62-49(43-16-6-4-7-17-43)24-13-26-54(62)51-22-10-11-23-52(51)55-27-15-29-59(68)64(55)69;/h4-37H,1-3H3;/q-2;/i4D,5D,6D,7D,8D,9D,16D,17D,18D,19D;. The van der Waals surface area contributed by atoms with Gasteiger partial charge in [-0.3, -0.25) is 4.57 Å². The van der Waals surface area contributed by atoms with Crippen molar-refractivity contribution in [1.82, 2.24) is 14.1 Å². The van der Waals surface area contributed by atoms with Crippen LogP contribution in [-0.4, -0.2) is 14.1 Å². The first-order chi connectivity index (χ1) is 38.9. The number of hydrogen-bond donors (Lipinski definition) is 0. The van der Waals surface area contributed by atoms with Crippen LogP contribution >= 0.6 is 0 Å². The summed E-state index contributed by atoms with van der Waals surface area (Å²) in [5.41, 5.74) is 9.43. The second-order valence-electron chi connectivity index (χ2n) is 18.3. The molecule has 1 aliphatic rings. The van der Waals surface area contributed by atoms with Crippen LogP contribution in [0.15, 0.2) is 206 Å². The Morgan fingerprint density at radius 2 is 1.26 bits per heavy atom. The first-order valence-corrected chi connectivity index (χ1v) is 23.0. The molecule has 3 aromatic heterocycles. The van der Waals surface area contributed by atoms with E-state index in [1.54, 1.807) is 42.6 Å². The summed E-state index contributed by atoms with van der Waals surface area (Å²) in [6.07, 6.45) is 5.43. The quantitative estimate of drug-likeness (QED) is 0.123. The number of pyridine rings is 1. The number of imidazole rings is 1. The Balaban J connectivity index is 0.00000665. The number of rotatable bonds is 6. The molecule has 13 rings (SSSR count). The average Bonchev–Trinajstić information content (AvgIpc) is 4.25. The van der Waals surface area contributed by atoms with Crippen molar-refractivity contribution in [2.24, 2.45) is 0 Å². The van der Waals surface area contributed by atoms with Crippen molar-refractivity contribution in [3.8, 4) is 90.4 Å². The van der Waals surface area contributed by atoms with Gasteiger partial charge in [0.15, 0.2) is 0 Å². The minimum atomic E-state index is -0.554. The van der Waals surface area contributed by atoms with E-state index in [4.69, 9.17) is 17.9 Å². The van der Waals surface area contributed by atoms with Crippen molar-refractivity contribution >= 4 is 32.8 Å². The molecule has 0 bridgehead atoms. The van der Waals surface area contributed by atoms with Crippen molar-refractivity contribution in [2.45, 2.75) is 26.2 Å². The number of para-hydroxylation sites is 2. The molecular weight excluding hydrogens is 1060 g/mol. The van der Waals surface area contributed by atoms with E-state index in [-0.39, 0.29) is 43.2 Å². The van der Waals surface area contributed by atoms with Crippen LogP contribution in [0.4, 0.5) is 0 Å². The van der Waals surface area contributed by atoms with Gasteiger partial charge >= 0.3 is 0 Å². The Labute approximate surface area is 446 Å². The van der Waals surface area contributed by atoms with Gasteiger partial charge in [-0.2, -0.15) is 23.5 Å². The number of benzene rings is 9. The fourth-order valence-electron chi connectivity index (χ4n) is 9.94. The Morgan fingerprint density at radius 1 is 0.611 bits per heavy atom. The number of nitriles is 1. The van der Waals surface area contributed by atoms with Crippen LogP contribution in [0.3, 0.4) is 0 Å². The Morgan fingerprint density at radius 3 is 2.03 bits per heavy atom. The third kappa shape index (κ3) is 7.36. The monoisotopic (exact) mass is 1110 g/mol. The molecule has 0 atom stereocenters. The van der Waals surface area contributed by atoms with Crippen LogP contribution in [0.2, 0.25) is 0 Å². The van der Waals surface area contributed by atoms with Gasteiger partial charge < -0.3 is 13.9 Å². The summed E-state index contributed by atoms with van der Waals surface area (Å²) < 4.78 is 102. The van der Waals surface area contributed by atoms with E-state index >= 15 is 0 Å². The molecule has 9 aromatic carbocycles. The molecule has 1 aliphatic heterocycles. The Kier molecular flexibility index (Phi) is 8.49. The zero-order valence-corrected chi connectivity index (χ0v) is 41.1. The van der Waals surface area contributed by atoms with Gasteiger partial charge in [0.2, 0.25) is 0 Å². The van der Waals surface area contributed by atoms with Crippen molar-refractivity contribution in [1.29, 1.82) is 5.26 Å². The van der Waals surface area contributed by atoms with Crippen molar-refractivity contribution < 1.29 is 44.1 Å². The number of ether oxygens (including phenoxy) is 1. The van der Waals surface area contributed by atoms with E-state index in [1.165, 1.54) is 0 Å². The maximum Gasteiger partial charge on any atom is 0.268 e. The van der Waals surface area contributed by atoms with Gasteiger partial charge in [-0.05, 0) is 108 Å². The van der Waals surface area contributed by atoms with Crippen LogP contribution in [-0.2, 0) is 26.5 Å².